The zero-order valence-electron chi connectivity index (χ0n) is 15.8. The molecule has 1 amide bonds. The fraction of sp³-hybridized carbons (Fsp3) is 0.111. The van der Waals surface area contributed by atoms with Crippen molar-refractivity contribution in [1.82, 2.24) is 15.2 Å². The van der Waals surface area contributed by atoms with Gasteiger partial charge in [-0.05, 0) is 42.8 Å². The van der Waals surface area contributed by atoms with Gasteiger partial charge in [0.05, 0.1) is 6.26 Å². The zero-order valence-corrected chi connectivity index (χ0v) is 18.2. The molecule has 10 nitrogen and oxygen atoms in total. The molecule has 0 bridgehead atoms. The quantitative estimate of drug-likeness (QED) is 0.312. The molecule has 1 heterocycles. The second kappa shape index (κ2) is 8.34. The molecule has 0 atom stereocenters. The highest BCUT2D eigenvalue weighted by Gasteiger charge is 2.26. The third-order valence-electron chi connectivity index (χ3n) is 3.83. The van der Waals surface area contributed by atoms with E-state index in [4.69, 9.17) is 15.7 Å². The van der Waals surface area contributed by atoms with Gasteiger partial charge in [0.1, 0.15) is 0 Å². The van der Waals surface area contributed by atoms with Crippen LogP contribution in [0.5, 0.6) is 0 Å². The van der Waals surface area contributed by atoms with Gasteiger partial charge in [-0.2, -0.15) is 13.4 Å². The number of nitrogens with one attached hydrogen (secondary N) is 1. The van der Waals surface area contributed by atoms with Gasteiger partial charge in [-0.15, -0.1) is 9.35 Å². The third kappa shape index (κ3) is 4.90. The molecule has 3 N–H and O–H groups in total. The normalized spacial score (nSPS) is 11.3. The maximum atomic E-state index is 12.6. The molecule has 0 fully saturated rings. The number of hydrogen-bond donors (Lipinski definition) is 2. The molecule has 30 heavy (non-hydrogen) atoms. The SMILES string of the molecule is Cc1cc(-c2noc(-c3cccc(Br)c3)n2)ccc1C(=O)N(OS(C)(=O)=O)C(=N)N. The Morgan fingerprint density at radius 1 is 1.23 bits per heavy atom. The first-order valence-corrected chi connectivity index (χ1v) is 10.9. The molecule has 12 heteroatoms. The monoisotopic (exact) mass is 493 g/mol. The number of aryl methyl sites for hydroxylation is 1. The molecule has 2 aromatic carbocycles. The number of aromatic nitrogens is 2. The van der Waals surface area contributed by atoms with Crippen molar-refractivity contribution < 1.29 is 22.0 Å². The van der Waals surface area contributed by atoms with E-state index in [1.54, 1.807) is 19.1 Å². The molecular formula is C18H16BrN5O5S. The van der Waals surface area contributed by atoms with Crippen LogP contribution in [0, 0.1) is 12.3 Å². The van der Waals surface area contributed by atoms with Crippen molar-refractivity contribution in [2.45, 2.75) is 6.92 Å². The summed E-state index contributed by atoms with van der Waals surface area (Å²) in [5.74, 6) is -1.14. The molecule has 0 aliphatic rings. The van der Waals surface area contributed by atoms with E-state index >= 15 is 0 Å². The highest BCUT2D eigenvalue weighted by Crippen LogP contribution is 2.26. The summed E-state index contributed by atoms with van der Waals surface area (Å²) in [6.45, 7) is 1.63. The lowest BCUT2D eigenvalue weighted by atomic mass is 10.0. The lowest BCUT2D eigenvalue weighted by Gasteiger charge is -2.18. The Hall–Kier alpha value is -3.09. The van der Waals surface area contributed by atoms with Crippen molar-refractivity contribution in [3.8, 4) is 22.8 Å². The van der Waals surface area contributed by atoms with Crippen molar-refractivity contribution >= 4 is 37.9 Å². The second-order valence-electron chi connectivity index (χ2n) is 6.23. The minimum Gasteiger partial charge on any atom is -0.368 e. The maximum Gasteiger partial charge on any atom is 0.286 e. The van der Waals surface area contributed by atoms with Gasteiger partial charge in [0, 0.05) is 21.2 Å². The number of nitrogens with two attached hydrogens (primary N) is 1. The molecule has 0 aliphatic carbocycles. The minimum atomic E-state index is -4.06. The Morgan fingerprint density at radius 3 is 2.57 bits per heavy atom. The number of nitrogens with zero attached hydrogens (tertiary/aromatic N) is 3. The summed E-state index contributed by atoms with van der Waals surface area (Å²) in [6.07, 6.45) is 0.741. The molecule has 3 rings (SSSR count). The Bertz CT molecular complexity index is 1240. The number of rotatable bonds is 5. The van der Waals surface area contributed by atoms with Crippen LogP contribution in [0.25, 0.3) is 22.8 Å². The average Bonchev–Trinajstić information content (AvgIpc) is 3.15. The number of halogens is 1. The summed E-state index contributed by atoms with van der Waals surface area (Å²) in [6, 6.07) is 12.0. The van der Waals surface area contributed by atoms with E-state index < -0.39 is 22.0 Å². The first-order chi connectivity index (χ1) is 14.0. The van der Waals surface area contributed by atoms with Gasteiger partial charge >= 0.3 is 0 Å². The minimum absolute atomic E-state index is 0.0910. The van der Waals surface area contributed by atoms with E-state index in [1.807, 2.05) is 24.3 Å². The lowest BCUT2D eigenvalue weighted by Crippen LogP contribution is -2.42. The van der Waals surface area contributed by atoms with Crippen LogP contribution in [0.2, 0.25) is 0 Å². The number of guanidine groups is 1. The average molecular weight is 494 g/mol. The van der Waals surface area contributed by atoms with Crippen LogP contribution >= 0.6 is 15.9 Å². The zero-order chi connectivity index (χ0) is 22.1. The number of carbonyl (C=O) groups is 1. The van der Waals surface area contributed by atoms with E-state index in [1.165, 1.54) is 6.07 Å². The summed E-state index contributed by atoms with van der Waals surface area (Å²) in [5.41, 5.74) is 7.16. The highest BCUT2D eigenvalue weighted by molar-refractivity contribution is 9.10. The standard InChI is InChI=1S/C18H16BrN5O5S/c1-10-8-11(15-22-16(28-23-15)12-4-3-5-13(19)9-12)6-7-14(10)17(25)24(18(20)21)29-30(2,26)27/h3-9H,1-2H3,(H3,20,21). The predicted molar refractivity (Wildman–Crippen MR) is 112 cm³/mol. The van der Waals surface area contributed by atoms with Gasteiger partial charge in [0.2, 0.25) is 11.8 Å². The second-order valence-corrected chi connectivity index (χ2v) is 8.70. The summed E-state index contributed by atoms with van der Waals surface area (Å²) in [7, 11) is -4.06. The van der Waals surface area contributed by atoms with Crippen molar-refractivity contribution in [2.24, 2.45) is 5.73 Å². The molecule has 1 aromatic heterocycles. The molecular weight excluding hydrogens is 478 g/mol. The van der Waals surface area contributed by atoms with Gasteiger partial charge < -0.3 is 10.3 Å². The van der Waals surface area contributed by atoms with E-state index in [9.17, 15) is 13.2 Å². The topological polar surface area (TPSA) is 152 Å². The van der Waals surface area contributed by atoms with Crippen LogP contribution in [0.4, 0.5) is 0 Å². The van der Waals surface area contributed by atoms with E-state index in [0.29, 0.717) is 22.8 Å². The summed E-state index contributed by atoms with van der Waals surface area (Å²) >= 11 is 3.38. The molecule has 0 saturated heterocycles. The van der Waals surface area contributed by atoms with Gasteiger partial charge in [-0.1, -0.05) is 33.2 Å². The van der Waals surface area contributed by atoms with Crippen LogP contribution in [0.15, 0.2) is 51.5 Å². The van der Waals surface area contributed by atoms with Gasteiger partial charge in [-0.3, -0.25) is 10.2 Å². The summed E-state index contributed by atoms with van der Waals surface area (Å²) < 4.78 is 33.4. The molecule has 0 saturated carbocycles. The smallest absolute Gasteiger partial charge is 0.286 e. The predicted octanol–water partition coefficient (Wildman–Crippen LogP) is 2.70. The summed E-state index contributed by atoms with van der Waals surface area (Å²) in [5, 5.41) is 11.6. The third-order valence-corrected chi connectivity index (χ3v) is 4.74. The largest absolute Gasteiger partial charge is 0.368 e. The van der Waals surface area contributed by atoms with Crippen molar-refractivity contribution in [3.63, 3.8) is 0 Å². The van der Waals surface area contributed by atoms with Crippen molar-refractivity contribution in [2.75, 3.05) is 6.26 Å². The lowest BCUT2D eigenvalue weighted by molar-refractivity contribution is 0.0200. The number of benzene rings is 2. The van der Waals surface area contributed by atoms with Crippen molar-refractivity contribution in [3.05, 3.63) is 58.1 Å². The Balaban J connectivity index is 1.90. The fourth-order valence-electron chi connectivity index (χ4n) is 2.55. The Labute approximate surface area is 180 Å². The number of hydrogen-bond acceptors (Lipinski definition) is 8. The Kier molecular flexibility index (Phi) is 6.01. The molecule has 156 valence electrons. The van der Waals surface area contributed by atoms with Crippen LogP contribution in [-0.2, 0) is 14.4 Å². The Morgan fingerprint density at radius 2 is 1.97 bits per heavy atom. The number of carbonyl (C=O) groups excluding carboxylic acids is 1. The highest BCUT2D eigenvalue weighted by atomic mass is 79.9. The number of hydroxylamine groups is 2. The van der Waals surface area contributed by atoms with Gasteiger partial charge in [0.25, 0.3) is 21.9 Å². The van der Waals surface area contributed by atoms with Gasteiger partial charge in [-0.25, -0.2) is 0 Å². The summed E-state index contributed by atoms with van der Waals surface area (Å²) in [4.78, 5) is 17.0. The van der Waals surface area contributed by atoms with Crippen LogP contribution in [0.3, 0.4) is 0 Å². The molecule has 0 radical (unpaired) electrons. The first-order valence-electron chi connectivity index (χ1n) is 8.34. The van der Waals surface area contributed by atoms with Crippen LogP contribution < -0.4 is 5.73 Å². The molecule has 0 unspecified atom stereocenters. The van der Waals surface area contributed by atoms with Crippen molar-refractivity contribution in [1.29, 1.82) is 5.41 Å². The molecule has 0 aliphatic heterocycles. The van der Waals surface area contributed by atoms with Crippen LogP contribution in [0.1, 0.15) is 15.9 Å². The maximum absolute atomic E-state index is 12.6. The van der Waals surface area contributed by atoms with E-state index in [2.05, 4.69) is 30.4 Å². The van der Waals surface area contributed by atoms with E-state index in [0.717, 1.165) is 16.3 Å². The number of amides is 1. The van der Waals surface area contributed by atoms with Crippen LogP contribution in [-0.4, -0.2) is 41.7 Å². The molecule has 0 spiro atoms. The fourth-order valence-corrected chi connectivity index (χ4v) is 3.37. The molecule has 3 aromatic rings. The first kappa shape index (κ1) is 21.6. The van der Waals surface area contributed by atoms with E-state index in [-0.39, 0.29) is 10.6 Å². The van der Waals surface area contributed by atoms with Gasteiger partial charge in [0.15, 0.2) is 0 Å².